The van der Waals surface area contributed by atoms with Gasteiger partial charge >= 0.3 is 6.61 Å². The highest BCUT2D eigenvalue weighted by Gasteiger charge is 2.15. The van der Waals surface area contributed by atoms with Gasteiger partial charge in [0, 0.05) is 11.6 Å². The highest BCUT2D eigenvalue weighted by molar-refractivity contribution is 5.35. The zero-order chi connectivity index (χ0) is 12.0. The molecule has 0 spiro atoms. The van der Waals surface area contributed by atoms with Crippen LogP contribution in [0.4, 0.5) is 8.78 Å². The highest BCUT2D eigenvalue weighted by atomic mass is 19.3. The van der Waals surface area contributed by atoms with Crippen molar-refractivity contribution < 1.29 is 13.5 Å². The molecule has 0 saturated heterocycles. The maximum atomic E-state index is 12.2. The molecule has 16 heavy (non-hydrogen) atoms. The molecule has 0 heterocycles. The predicted molar refractivity (Wildman–Crippen MR) is 58.0 cm³/mol. The predicted octanol–water partition coefficient (Wildman–Crippen LogP) is 2.59. The molecule has 0 saturated carbocycles. The number of halogens is 2. The van der Waals surface area contributed by atoms with E-state index in [0.29, 0.717) is 5.56 Å². The van der Waals surface area contributed by atoms with Crippen LogP contribution in [0.1, 0.15) is 31.4 Å². The molecule has 3 nitrogen and oxygen atoms in total. The van der Waals surface area contributed by atoms with Gasteiger partial charge in [-0.3, -0.25) is 11.3 Å². The minimum atomic E-state index is -2.82. The smallest absolute Gasteiger partial charge is 0.387 e. The summed E-state index contributed by atoms with van der Waals surface area (Å²) in [4.78, 5) is 0. The first-order chi connectivity index (χ1) is 7.69. The van der Waals surface area contributed by atoms with Crippen LogP contribution >= 0.6 is 0 Å². The maximum absolute atomic E-state index is 12.2. The van der Waals surface area contributed by atoms with E-state index < -0.39 is 6.61 Å². The third-order valence-electron chi connectivity index (χ3n) is 2.29. The lowest BCUT2D eigenvalue weighted by molar-refractivity contribution is -0.0507. The van der Waals surface area contributed by atoms with Gasteiger partial charge in [0.1, 0.15) is 5.75 Å². The summed E-state index contributed by atoms with van der Waals surface area (Å²) in [6, 6.07) is 6.51. The van der Waals surface area contributed by atoms with E-state index in [1.54, 1.807) is 18.2 Å². The number of benzene rings is 1. The molecule has 1 unspecified atom stereocenters. The SMILES string of the molecule is CCCC(NN)c1ccccc1OC(F)F. The van der Waals surface area contributed by atoms with Gasteiger partial charge in [-0.25, -0.2) is 0 Å². The average molecular weight is 230 g/mol. The van der Waals surface area contributed by atoms with Crippen molar-refractivity contribution in [2.75, 3.05) is 0 Å². The number of alkyl halides is 2. The van der Waals surface area contributed by atoms with Gasteiger partial charge < -0.3 is 4.74 Å². The van der Waals surface area contributed by atoms with E-state index in [0.717, 1.165) is 12.8 Å². The Morgan fingerprint density at radius 3 is 2.62 bits per heavy atom. The third-order valence-corrected chi connectivity index (χ3v) is 2.29. The van der Waals surface area contributed by atoms with Gasteiger partial charge in [0.15, 0.2) is 0 Å². The second kappa shape index (κ2) is 6.40. The summed E-state index contributed by atoms with van der Waals surface area (Å²) in [5, 5.41) is 0. The maximum Gasteiger partial charge on any atom is 0.387 e. The number of hydrogen-bond donors (Lipinski definition) is 2. The molecule has 1 aromatic carbocycles. The number of rotatable bonds is 6. The monoisotopic (exact) mass is 230 g/mol. The molecule has 0 amide bonds. The topological polar surface area (TPSA) is 47.3 Å². The number of nitrogens with two attached hydrogens (primary N) is 1. The van der Waals surface area contributed by atoms with Crippen molar-refractivity contribution in [1.82, 2.24) is 5.43 Å². The first-order valence-corrected chi connectivity index (χ1v) is 5.18. The van der Waals surface area contributed by atoms with Crippen LogP contribution < -0.4 is 16.0 Å². The van der Waals surface area contributed by atoms with Gasteiger partial charge in [-0.05, 0) is 12.5 Å². The van der Waals surface area contributed by atoms with E-state index >= 15 is 0 Å². The largest absolute Gasteiger partial charge is 0.434 e. The molecule has 0 aliphatic heterocycles. The lowest BCUT2D eigenvalue weighted by Crippen LogP contribution is -2.28. The summed E-state index contributed by atoms with van der Waals surface area (Å²) in [5.74, 6) is 5.57. The molecule has 3 N–H and O–H groups in total. The van der Waals surface area contributed by atoms with E-state index in [4.69, 9.17) is 5.84 Å². The minimum absolute atomic E-state index is 0.167. The Balaban J connectivity index is 2.91. The molecular weight excluding hydrogens is 214 g/mol. The first-order valence-electron chi connectivity index (χ1n) is 5.18. The third kappa shape index (κ3) is 3.43. The Labute approximate surface area is 93.6 Å². The summed E-state index contributed by atoms with van der Waals surface area (Å²) in [7, 11) is 0. The van der Waals surface area contributed by atoms with Gasteiger partial charge in [-0.1, -0.05) is 31.5 Å². The van der Waals surface area contributed by atoms with Crippen molar-refractivity contribution in [3.8, 4) is 5.75 Å². The van der Waals surface area contributed by atoms with Gasteiger partial charge in [0.25, 0.3) is 0 Å². The molecule has 0 radical (unpaired) electrons. The van der Waals surface area contributed by atoms with E-state index in [-0.39, 0.29) is 11.8 Å². The number of hydrazine groups is 1. The Morgan fingerprint density at radius 1 is 1.38 bits per heavy atom. The summed E-state index contributed by atoms with van der Waals surface area (Å²) in [5.41, 5.74) is 3.27. The Kier molecular flexibility index (Phi) is 5.14. The molecule has 1 aromatic rings. The van der Waals surface area contributed by atoms with Crippen molar-refractivity contribution in [3.63, 3.8) is 0 Å². The first kappa shape index (κ1) is 12.9. The summed E-state index contributed by atoms with van der Waals surface area (Å²) in [6.45, 7) is -0.817. The van der Waals surface area contributed by atoms with Crippen LogP contribution in [0, 0.1) is 0 Å². The molecule has 1 rings (SSSR count). The zero-order valence-electron chi connectivity index (χ0n) is 9.12. The van der Waals surface area contributed by atoms with Gasteiger partial charge in [-0.15, -0.1) is 0 Å². The fourth-order valence-corrected chi connectivity index (χ4v) is 1.59. The van der Waals surface area contributed by atoms with Crippen molar-refractivity contribution in [3.05, 3.63) is 29.8 Å². The fourth-order valence-electron chi connectivity index (χ4n) is 1.59. The number of para-hydroxylation sites is 1. The minimum Gasteiger partial charge on any atom is -0.434 e. The number of ether oxygens (including phenoxy) is 1. The highest BCUT2D eigenvalue weighted by Crippen LogP contribution is 2.28. The molecular formula is C11H16F2N2O. The second-order valence-corrected chi connectivity index (χ2v) is 3.42. The van der Waals surface area contributed by atoms with E-state index in [1.165, 1.54) is 6.07 Å². The van der Waals surface area contributed by atoms with Crippen molar-refractivity contribution in [2.24, 2.45) is 5.84 Å². The summed E-state index contributed by atoms with van der Waals surface area (Å²) >= 11 is 0. The molecule has 0 aliphatic carbocycles. The molecule has 0 fully saturated rings. The van der Waals surface area contributed by atoms with E-state index in [2.05, 4.69) is 10.2 Å². The Bertz CT molecular complexity index is 321. The fraction of sp³-hybridized carbons (Fsp3) is 0.455. The lowest BCUT2D eigenvalue weighted by atomic mass is 10.0. The second-order valence-electron chi connectivity index (χ2n) is 3.42. The van der Waals surface area contributed by atoms with Crippen molar-refractivity contribution in [2.45, 2.75) is 32.4 Å². The molecule has 5 heteroatoms. The number of nitrogens with one attached hydrogen (secondary N) is 1. The number of hydrogen-bond acceptors (Lipinski definition) is 3. The van der Waals surface area contributed by atoms with Crippen LogP contribution in [-0.2, 0) is 0 Å². The van der Waals surface area contributed by atoms with Gasteiger partial charge in [0.05, 0.1) is 0 Å². The van der Waals surface area contributed by atoms with Crippen LogP contribution in [0.2, 0.25) is 0 Å². The molecule has 0 bridgehead atoms. The van der Waals surface area contributed by atoms with Crippen LogP contribution in [0.3, 0.4) is 0 Å². The van der Waals surface area contributed by atoms with Crippen LogP contribution in [0.25, 0.3) is 0 Å². The van der Waals surface area contributed by atoms with Crippen LogP contribution in [0.5, 0.6) is 5.75 Å². The van der Waals surface area contributed by atoms with Crippen molar-refractivity contribution in [1.29, 1.82) is 0 Å². The zero-order valence-corrected chi connectivity index (χ0v) is 9.12. The Morgan fingerprint density at radius 2 is 2.06 bits per heavy atom. The standard InChI is InChI=1S/C11H16F2N2O/c1-2-5-9(15-14)8-6-3-4-7-10(8)16-11(12)13/h3-4,6-7,9,11,15H,2,5,14H2,1H3. The van der Waals surface area contributed by atoms with E-state index in [1.807, 2.05) is 6.92 Å². The Hall–Kier alpha value is -1.20. The van der Waals surface area contributed by atoms with Crippen molar-refractivity contribution >= 4 is 0 Å². The lowest BCUT2D eigenvalue weighted by Gasteiger charge is -2.18. The van der Waals surface area contributed by atoms with Crippen LogP contribution in [0.15, 0.2) is 24.3 Å². The summed E-state index contributed by atoms with van der Waals surface area (Å²) in [6.07, 6.45) is 1.66. The molecule has 0 aliphatic rings. The average Bonchev–Trinajstić information content (AvgIpc) is 2.26. The van der Waals surface area contributed by atoms with Gasteiger partial charge in [-0.2, -0.15) is 8.78 Å². The van der Waals surface area contributed by atoms with E-state index in [9.17, 15) is 8.78 Å². The normalized spacial score (nSPS) is 12.8. The molecule has 90 valence electrons. The quantitative estimate of drug-likeness (QED) is 0.583. The van der Waals surface area contributed by atoms with Gasteiger partial charge in [0.2, 0.25) is 0 Å². The molecule has 1 atom stereocenters. The molecule has 0 aromatic heterocycles. The summed E-state index contributed by atoms with van der Waals surface area (Å²) < 4.78 is 28.8. The van der Waals surface area contributed by atoms with Crippen LogP contribution in [-0.4, -0.2) is 6.61 Å².